The van der Waals surface area contributed by atoms with Gasteiger partial charge in [-0.05, 0) is 49.6 Å². The Bertz CT molecular complexity index is 1910. The highest BCUT2D eigenvalue weighted by Crippen LogP contribution is 2.24. The SMILES string of the molecule is C=CC(=O)NCCC#Cc1cccc2cc(C(C)NC(=O)c3c(C)ncn4ccnc34)n(-c3ccccc3)c(=O)c12. The standard InChI is InChI=1S/C32H28N6O3/c1-4-27(39)33-16-9-8-11-23-12-10-13-24-19-26(38(32(41)29(23)24)25-14-6-5-7-15-25)21(2)36-31(40)28-22(3)35-20-37-18-17-34-30(28)37/h4-7,10,12-15,17-21H,1,9,16H2,2-3H3,(H,33,39)(H,36,40). The highest BCUT2D eigenvalue weighted by atomic mass is 16.2. The zero-order valence-corrected chi connectivity index (χ0v) is 22.7. The van der Waals surface area contributed by atoms with Crippen LogP contribution in [0.2, 0.25) is 0 Å². The fourth-order valence-electron chi connectivity index (χ4n) is 4.71. The molecule has 9 heteroatoms. The summed E-state index contributed by atoms with van der Waals surface area (Å²) in [5.74, 6) is 5.54. The molecule has 0 spiro atoms. The van der Waals surface area contributed by atoms with E-state index in [0.29, 0.717) is 57.6 Å². The maximum atomic E-state index is 14.1. The number of carbonyl (C=O) groups excluding carboxylic acids is 2. The molecule has 2 amide bonds. The van der Waals surface area contributed by atoms with Crippen molar-refractivity contribution in [1.82, 2.24) is 29.6 Å². The number of aromatic nitrogens is 4. The number of hydrogen-bond donors (Lipinski definition) is 2. The van der Waals surface area contributed by atoms with Gasteiger partial charge in [0.15, 0.2) is 5.65 Å². The van der Waals surface area contributed by atoms with Crippen LogP contribution in [0.25, 0.3) is 22.1 Å². The lowest BCUT2D eigenvalue weighted by molar-refractivity contribution is -0.116. The van der Waals surface area contributed by atoms with Crippen LogP contribution in [-0.2, 0) is 4.79 Å². The second kappa shape index (κ2) is 11.7. The second-order valence-electron chi connectivity index (χ2n) is 9.42. The summed E-state index contributed by atoms with van der Waals surface area (Å²) in [7, 11) is 0. The Labute approximate surface area is 236 Å². The van der Waals surface area contributed by atoms with Gasteiger partial charge in [-0.2, -0.15) is 0 Å². The van der Waals surface area contributed by atoms with Crippen molar-refractivity contribution in [2.24, 2.45) is 0 Å². The Morgan fingerprint density at radius 2 is 1.93 bits per heavy atom. The summed E-state index contributed by atoms with van der Waals surface area (Å²) in [5.41, 5.74) is 3.05. The summed E-state index contributed by atoms with van der Waals surface area (Å²) in [4.78, 5) is 47.7. The van der Waals surface area contributed by atoms with Crippen LogP contribution in [-0.4, -0.2) is 37.3 Å². The third-order valence-electron chi connectivity index (χ3n) is 6.70. The van der Waals surface area contributed by atoms with Crippen LogP contribution < -0.4 is 16.2 Å². The number of benzene rings is 2. The van der Waals surface area contributed by atoms with E-state index in [1.165, 1.54) is 6.08 Å². The predicted octanol–water partition coefficient (Wildman–Crippen LogP) is 3.88. The van der Waals surface area contributed by atoms with E-state index in [4.69, 9.17) is 0 Å². The van der Waals surface area contributed by atoms with E-state index in [1.54, 1.807) is 40.7 Å². The molecule has 0 saturated carbocycles. The number of pyridine rings is 1. The lowest BCUT2D eigenvalue weighted by Gasteiger charge is -2.21. The number of hydrogen-bond acceptors (Lipinski definition) is 5. The monoisotopic (exact) mass is 544 g/mol. The molecule has 9 nitrogen and oxygen atoms in total. The number of nitrogens with zero attached hydrogens (tertiary/aromatic N) is 4. The lowest BCUT2D eigenvalue weighted by Crippen LogP contribution is -2.33. The Morgan fingerprint density at radius 1 is 1.12 bits per heavy atom. The Balaban J connectivity index is 1.56. The van der Waals surface area contributed by atoms with E-state index in [-0.39, 0.29) is 17.4 Å². The van der Waals surface area contributed by atoms with Crippen molar-refractivity contribution >= 4 is 28.2 Å². The molecule has 5 aromatic rings. The Morgan fingerprint density at radius 3 is 2.71 bits per heavy atom. The predicted molar refractivity (Wildman–Crippen MR) is 158 cm³/mol. The van der Waals surface area contributed by atoms with Crippen LogP contribution in [0.1, 0.15) is 46.7 Å². The lowest BCUT2D eigenvalue weighted by atomic mass is 10.0. The molecule has 0 radical (unpaired) electrons. The number of carbonyl (C=O) groups is 2. The van der Waals surface area contributed by atoms with Gasteiger partial charge in [-0.3, -0.25) is 23.4 Å². The Hall–Kier alpha value is -5.49. The van der Waals surface area contributed by atoms with Gasteiger partial charge in [-0.15, -0.1) is 0 Å². The van der Waals surface area contributed by atoms with Crippen LogP contribution >= 0.6 is 0 Å². The van der Waals surface area contributed by atoms with Crippen LogP contribution in [0.15, 0.2) is 90.8 Å². The number of imidazole rings is 1. The van der Waals surface area contributed by atoms with Gasteiger partial charge in [-0.1, -0.05) is 48.8 Å². The fourth-order valence-corrected chi connectivity index (χ4v) is 4.71. The first kappa shape index (κ1) is 27.1. The van der Waals surface area contributed by atoms with Crippen LogP contribution in [0, 0.1) is 18.8 Å². The molecule has 0 fully saturated rings. The smallest absolute Gasteiger partial charge is 0.264 e. The van der Waals surface area contributed by atoms with E-state index in [0.717, 1.165) is 0 Å². The fraction of sp³-hybridized carbons (Fsp3) is 0.156. The van der Waals surface area contributed by atoms with Crippen LogP contribution in [0.4, 0.5) is 0 Å². The quantitative estimate of drug-likeness (QED) is 0.184. The van der Waals surface area contributed by atoms with Gasteiger partial charge >= 0.3 is 0 Å². The second-order valence-corrected chi connectivity index (χ2v) is 9.42. The zero-order valence-electron chi connectivity index (χ0n) is 22.7. The summed E-state index contributed by atoms with van der Waals surface area (Å²) in [6.07, 6.45) is 6.59. The van der Waals surface area contributed by atoms with Crippen molar-refractivity contribution in [2.45, 2.75) is 26.3 Å². The molecule has 5 rings (SSSR count). The summed E-state index contributed by atoms with van der Waals surface area (Å²) in [5, 5.41) is 6.92. The first-order valence-electron chi connectivity index (χ1n) is 13.1. The van der Waals surface area contributed by atoms with Crippen LogP contribution in [0.5, 0.6) is 0 Å². The third-order valence-corrected chi connectivity index (χ3v) is 6.70. The molecule has 0 bridgehead atoms. The molecule has 3 heterocycles. The van der Waals surface area contributed by atoms with Gasteiger partial charge < -0.3 is 10.6 Å². The van der Waals surface area contributed by atoms with E-state index < -0.39 is 6.04 Å². The largest absolute Gasteiger partial charge is 0.352 e. The minimum atomic E-state index is -0.544. The molecular weight excluding hydrogens is 516 g/mol. The highest BCUT2D eigenvalue weighted by Gasteiger charge is 2.22. The number of rotatable bonds is 7. The average Bonchev–Trinajstić information content (AvgIpc) is 3.45. The topological polar surface area (TPSA) is 110 Å². The van der Waals surface area contributed by atoms with Crippen molar-refractivity contribution < 1.29 is 9.59 Å². The average molecular weight is 545 g/mol. The first-order valence-corrected chi connectivity index (χ1v) is 13.1. The van der Waals surface area contributed by atoms with Crippen molar-refractivity contribution in [3.8, 4) is 17.5 Å². The molecule has 1 unspecified atom stereocenters. The molecule has 0 aliphatic carbocycles. The number of amides is 2. The highest BCUT2D eigenvalue weighted by molar-refractivity contribution is 6.01. The molecule has 3 aromatic heterocycles. The Kier molecular flexibility index (Phi) is 7.74. The van der Waals surface area contributed by atoms with Gasteiger partial charge in [0.05, 0.1) is 17.1 Å². The minimum Gasteiger partial charge on any atom is -0.352 e. The first-order chi connectivity index (χ1) is 19.9. The molecular formula is C32H28N6O3. The summed E-state index contributed by atoms with van der Waals surface area (Å²) in [6, 6.07) is 16.2. The van der Waals surface area contributed by atoms with E-state index in [2.05, 4.69) is 39.0 Å². The van der Waals surface area contributed by atoms with E-state index in [1.807, 2.05) is 55.5 Å². The molecule has 2 N–H and O–H groups in total. The van der Waals surface area contributed by atoms with Gasteiger partial charge in [0, 0.05) is 42.3 Å². The summed E-state index contributed by atoms with van der Waals surface area (Å²) < 4.78 is 3.31. The van der Waals surface area contributed by atoms with Crippen molar-refractivity contribution in [1.29, 1.82) is 0 Å². The minimum absolute atomic E-state index is 0.247. The van der Waals surface area contributed by atoms with Crippen molar-refractivity contribution in [3.05, 3.63) is 119 Å². The van der Waals surface area contributed by atoms with Gasteiger partial charge in [0.2, 0.25) is 5.91 Å². The molecule has 41 heavy (non-hydrogen) atoms. The number of aryl methyl sites for hydroxylation is 1. The summed E-state index contributed by atoms with van der Waals surface area (Å²) in [6.45, 7) is 7.41. The van der Waals surface area contributed by atoms with Gasteiger partial charge in [-0.25, -0.2) is 9.97 Å². The van der Waals surface area contributed by atoms with Gasteiger partial charge in [0.1, 0.15) is 11.9 Å². The van der Waals surface area contributed by atoms with E-state index >= 15 is 0 Å². The molecule has 2 aromatic carbocycles. The zero-order chi connectivity index (χ0) is 28.9. The maximum absolute atomic E-state index is 14.1. The van der Waals surface area contributed by atoms with Crippen molar-refractivity contribution in [3.63, 3.8) is 0 Å². The van der Waals surface area contributed by atoms with Crippen LogP contribution in [0.3, 0.4) is 0 Å². The van der Waals surface area contributed by atoms with Gasteiger partial charge in [0.25, 0.3) is 11.5 Å². The number of fused-ring (bicyclic) bond motifs is 2. The molecule has 0 aliphatic heterocycles. The number of para-hydroxylation sites is 1. The molecule has 0 aliphatic rings. The summed E-state index contributed by atoms with van der Waals surface area (Å²) >= 11 is 0. The molecule has 1 atom stereocenters. The van der Waals surface area contributed by atoms with Crippen molar-refractivity contribution in [2.75, 3.05) is 6.54 Å². The van der Waals surface area contributed by atoms with E-state index in [9.17, 15) is 14.4 Å². The maximum Gasteiger partial charge on any atom is 0.264 e. The molecule has 204 valence electrons. The normalized spacial score (nSPS) is 11.5. The number of nitrogens with one attached hydrogen (secondary N) is 2. The molecule has 0 saturated heterocycles. The third kappa shape index (κ3) is 5.49.